The molecule has 10 nitrogen and oxygen atoms in total. The van der Waals surface area contributed by atoms with E-state index in [1.165, 1.54) is 21.0 Å². The van der Waals surface area contributed by atoms with Crippen molar-refractivity contribution in [3.8, 4) is 6.07 Å². The fourth-order valence-electron chi connectivity index (χ4n) is 12.4. The van der Waals surface area contributed by atoms with Gasteiger partial charge in [0.2, 0.25) is 0 Å². The molecule has 4 aliphatic carbocycles. The van der Waals surface area contributed by atoms with Gasteiger partial charge in [0.05, 0.1) is 19.8 Å². The van der Waals surface area contributed by atoms with Crippen LogP contribution in [0.3, 0.4) is 0 Å². The lowest BCUT2D eigenvalue weighted by molar-refractivity contribution is -0.223. The minimum absolute atomic E-state index is 0.00944. The highest BCUT2D eigenvalue weighted by Gasteiger charge is 2.69. The zero-order valence-electron chi connectivity index (χ0n) is 33.8. The van der Waals surface area contributed by atoms with Crippen molar-refractivity contribution in [3.05, 3.63) is 59.9 Å². The molecule has 0 bridgehead atoms. The molecule has 1 aromatic heterocycles. The molecule has 4 aliphatic rings. The molecular weight excluding hydrogens is 697 g/mol. The fourth-order valence-corrected chi connectivity index (χ4v) is 12.4. The summed E-state index contributed by atoms with van der Waals surface area (Å²) in [6, 6.07) is 14.8. The molecule has 298 valence electrons. The lowest BCUT2D eigenvalue weighted by atomic mass is 9.40. The largest absolute Gasteiger partial charge is 0.469 e. The van der Waals surface area contributed by atoms with E-state index in [1.807, 2.05) is 24.5 Å². The third kappa shape index (κ3) is 7.45. The lowest BCUT2D eigenvalue weighted by Gasteiger charge is -2.65. The van der Waals surface area contributed by atoms with Gasteiger partial charge in [0.15, 0.2) is 5.92 Å². The monoisotopic (exact) mass is 756 g/mol. The molecular formula is C45H60N2O8. The highest BCUT2D eigenvalue weighted by atomic mass is 16.6. The minimum atomic E-state index is -1.01. The van der Waals surface area contributed by atoms with Crippen molar-refractivity contribution in [2.75, 3.05) is 13.7 Å². The van der Waals surface area contributed by atoms with Gasteiger partial charge in [-0.2, -0.15) is 5.26 Å². The number of hydrogen-bond donors (Lipinski definition) is 0. The van der Waals surface area contributed by atoms with Crippen molar-refractivity contribution in [2.24, 2.45) is 52.3 Å². The number of esters is 4. The van der Waals surface area contributed by atoms with Gasteiger partial charge >= 0.3 is 23.9 Å². The van der Waals surface area contributed by atoms with Crippen LogP contribution in [0, 0.1) is 63.6 Å². The standard InChI is InChI=1S/C45H60N2O8/c1-8-53-42(51)37(26-46)45(32-14-12-31(13-15-32)27-47-21-9-10-22-47)20-19-43(5)33(25-45)23-38(54-29(3)48)41-35-17-16-34(28(2)11-18-40(50)52-7)44(35,6)39(24-36(41)43)55-30(4)49/h9-10,12-15,21-22,28,33-39,41H,8,11,16-20,23-25,27H2,1-7H3/t28-,33-,34-,35+,36+,37?,38-,39+,41+,43+,44-,45+/m1/s1. The van der Waals surface area contributed by atoms with E-state index in [9.17, 15) is 24.4 Å². The number of rotatable bonds is 12. The SMILES string of the molecule is CCOC(=O)C(C#N)[C@@]1(c2ccc(Cn3cccc3)cc2)CC[C@@]2(C)[C@H](C[C@@H](OC(C)=O)[C@@H]3[C@@H]2C[C@H](OC(C)=O)[C@]2(C)[C@@H]([C@H](C)CCC(=O)OC)CC[C@@H]32)C1. The first kappa shape index (κ1) is 40.5. The maximum atomic E-state index is 13.7. The van der Waals surface area contributed by atoms with Crippen molar-refractivity contribution >= 4 is 23.9 Å². The van der Waals surface area contributed by atoms with Crippen LogP contribution in [0.4, 0.5) is 0 Å². The number of ether oxygens (including phenoxy) is 4. The van der Waals surface area contributed by atoms with Gasteiger partial charge in [-0.25, -0.2) is 0 Å². The summed E-state index contributed by atoms with van der Waals surface area (Å²) in [4.78, 5) is 51.7. The highest BCUT2D eigenvalue weighted by molar-refractivity contribution is 5.78. The van der Waals surface area contributed by atoms with Crippen LogP contribution in [-0.2, 0) is 50.1 Å². The third-order valence-electron chi connectivity index (χ3n) is 15.0. The van der Waals surface area contributed by atoms with E-state index in [0.29, 0.717) is 45.1 Å². The molecule has 4 saturated carbocycles. The molecule has 6 rings (SSSR count). The molecule has 10 heteroatoms. The van der Waals surface area contributed by atoms with E-state index < -0.39 is 17.3 Å². The molecule has 1 heterocycles. The van der Waals surface area contributed by atoms with Gasteiger partial charge < -0.3 is 23.5 Å². The smallest absolute Gasteiger partial charge is 0.324 e. The summed E-state index contributed by atoms with van der Waals surface area (Å²) in [7, 11) is 1.42. The summed E-state index contributed by atoms with van der Waals surface area (Å²) in [6.07, 6.45) is 9.41. The first-order chi connectivity index (χ1) is 26.2. The van der Waals surface area contributed by atoms with Gasteiger partial charge in [0.25, 0.3) is 0 Å². The number of carbonyl (C=O) groups excluding carboxylic acids is 4. The number of hydrogen-bond acceptors (Lipinski definition) is 9. The second-order valence-corrected chi connectivity index (χ2v) is 17.6. The lowest BCUT2D eigenvalue weighted by Crippen LogP contribution is -2.64. The summed E-state index contributed by atoms with van der Waals surface area (Å²) >= 11 is 0. The van der Waals surface area contributed by atoms with Crippen LogP contribution in [-0.4, -0.2) is 54.4 Å². The van der Waals surface area contributed by atoms with Gasteiger partial charge in [-0.05, 0) is 117 Å². The van der Waals surface area contributed by atoms with Gasteiger partial charge in [-0.3, -0.25) is 19.2 Å². The zero-order valence-corrected chi connectivity index (χ0v) is 33.8. The summed E-state index contributed by atoms with van der Waals surface area (Å²) in [5.41, 5.74) is 0.650. The van der Waals surface area contributed by atoms with Crippen molar-refractivity contribution in [1.29, 1.82) is 5.26 Å². The van der Waals surface area contributed by atoms with E-state index in [0.717, 1.165) is 30.4 Å². The van der Waals surface area contributed by atoms with Crippen LogP contribution in [0.15, 0.2) is 48.8 Å². The van der Waals surface area contributed by atoms with Gasteiger partial charge in [0.1, 0.15) is 12.2 Å². The number of fused-ring (bicyclic) bond motifs is 5. The number of aromatic nitrogens is 1. The van der Waals surface area contributed by atoms with Crippen molar-refractivity contribution in [2.45, 2.75) is 123 Å². The third-order valence-corrected chi connectivity index (χ3v) is 15.0. The van der Waals surface area contributed by atoms with E-state index in [2.05, 4.69) is 55.7 Å². The van der Waals surface area contributed by atoms with Crippen molar-refractivity contribution < 1.29 is 38.1 Å². The molecule has 4 fully saturated rings. The summed E-state index contributed by atoms with van der Waals surface area (Å²) < 4.78 is 25.4. The number of nitrogens with zero attached hydrogens (tertiary/aromatic N) is 2. The first-order valence-corrected chi connectivity index (χ1v) is 20.4. The molecule has 0 N–H and O–H groups in total. The summed E-state index contributed by atoms with van der Waals surface area (Å²) in [5, 5.41) is 10.8. The summed E-state index contributed by atoms with van der Waals surface area (Å²) in [5.74, 6) is -1.70. The van der Waals surface area contributed by atoms with Crippen LogP contribution in [0.1, 0.15) is 110 Å². The molecule has 2 aromatic rings. The summed E-state index contributed by atoms with van der Waals surface area (Å²) in [6.45, 7) is 12.4. The topological polar surface area (TPSA) is 134 Å². The van der Waals surface area contributed by atoms with Crippen LogP contribution in [0.2, 0.25) is 0 Å². The van der Waals surface area contributed by atoms with E-state index in [4.69, 9.17) is 18.9 Å². The minimum Gasteiger partial charge on any atom is -0.469 e. The van der Waals surface area contributed by atoms with Crippen molar-refractivity contribution in [3.63, 3.8) is 0 Å². The Morgan fingerprint density at radius 3 is 2.27 bits per heavy atom. The highest BCUT2D eigenvalue weighted by Crippen LogP contribution is 2.71. The van der Waals surface area contributed by atoms with Crippen LogP contribution < -0.4 is 0 Å². The van der Waals surface area contributed by atoms with E-state index in [-0.39, 0.29) is 83.1 Å². The van der Waals surface area contributed by atoms with Gasteiger partial charge in [0, 0.05) is 56.0 Å². The number of carbonyl (C=O) groups is 4. The first-order valence-electron chi connectivity index (χ1n) is 20.4. The molecule has 0 aliphatic heterocycles. The van der Waals surface area contributed by atoms with Crippen LogP contribution >= 0.6 is 0 Å². The zero-order chi connectivity index (χ0) is 39.7. The average molecular weight is 757 g/mol. The maximum Gasteiger partial charge on any atom is 0.324 e. The molecule has 0 spiro atoms. The Morgan fingerprint density at radius 2 is 1.65 bits per heavy atom. The fraction of sp³-hybridized carbons (Fsp3) is 0.667. The Labute approximate surface area is 326 Å². The average Bonchev–Trinajstić information content (AvgIpc) is 3.79. The molecule has 0 radical (unpaired) electrons. The van der Waals surface area contributed by atoms with E-state index in [1.54, 1.807) is 6.92 Å². The Bertz CT molecular complexity index is 1750. The predicted molar refractivity (Wildman–Crippen MR) is 205 cm³/mol. The Hall–Kier alpha value is -4.13. The molecule has 1 aromatic carbocycles. The molecule has 12 atom stereocenters. The normalized spacial score (nSPS) is 34.8. The number of methoxy groups -OCH3 is 1. The van der Waals surface area contributed by atoms with Crippen LogP contribution in [0.5, 0.6) is 0 Å². The quantitative estimate of drug-likeness (QED) is 0.157. The number of benzene rings is 1. The Kier molecular flexibility index (Phi) is 11.9. The number of nitriles is 1. The molecule has 1 unspecified atom stereocenters. The Balaban J connectivity index is 1.39. The van der Waals surface area contributed by atoms with Crippen LogP contribution in [0.25, 0.3) is 0 Å². The molecule has 0 saturated heterocycles. The van der Waals surface area contributed by atoms with Crippen molar-refractivity contribution in [1.82, 2.24) is 4.57 Å². The Morgan fingerprint density at radius 1 is 0.964 bits per heavy atom. The molecule has 55 heavy (non-hydrogen) atoms. The van der Waals surface area contributed by atoms with Gasteiger partial charge in [-0.1, -0.05) is 45.0 Å². The van der Waals surface area contributed by atoms with E-state index >= 15 is 0 Å². The maximum absolute atomic E-state index is 13.7. The second kappa shape index (κ2) is 16.2. The van der Waals surface area contributed by atoms with Gasteiger partial charge in [-0.15, -0.1) is 0 Å². The second-order valence-electron chi connectivity index (χ2n) is 17.6. The molecule has 0 amide bonds. The predicted octanol–water partition coefficient (Wildman–Crippen LogP) is 7.81.